The molecule has 0 spiro atoms. The van der Waals surface area contributed by atoms with E-state index < -0.39 is 11.7 Å². The number of anilines is 1. The number of alkyl halides is 3. The Kier molecular flexibility index (Phi) is 6.45. The number of benzene rings is 1. The molecule has 0 radical (unpaired) electrons. The van der Waals surface area contributed by atoms with Crippen molar-refractivity contribution in [3.8, 4) is 17.3 Å². The molecular formula is C20H18F3N5O2. The molecule has 7 nitrogen and oxygen atoms in total. The lowest BCUT2D eigenvalue weighted by atomic mass is 10.1. The van der Waals surface area contributed by atoms with Gasteiger partial charge in [-0.3, -0.25) is 4.79 Å². The lowest BCUT2D eigenvalue weighted by Crippen LogP contribution is -2.06. The zero-order valence-corrected chi connectivity index (χ0v) is 15.9. The molecule has 0 aliphatic heterocycles. The normalized spacial score (nSPS) is 11.6. The highest BCUT2D eigenvalue weighted by atomic mass is 19.4. The number of amides is 1. The van der Waals surface area contributed by atoms with E-state index in [9.17, 15) is 18.0 Å². The molecule has 0 fully saturated rings. The maximum absolute atomic E-state index is 12.8. The third kappa shape index (κ3) is 5.22. The largest absolute Gasteiger partial charge is 0.489 e. The van der Waals surface area contributed by atoms with Gasteiger partial charge in [0.1, 0.15) is 30.2 Å². The van der Waals surface area contributed by atoms with Crippen LogP contribution in [0.1, 0.15) is 11.1 Å². The maximum Gasteiger partial charge on any atom is 0.416 e. The van der Waals surface area contributed by atoms with Crippen molar-refractivity contribution in [2.24, 2.45) is 0 Å². The zero-order chi connectivity index (χ0) is 21.6. The van der Waals surface area contributed by atoms with Crippen molar-refractivity contribution in [1.82, 2.24) is 19.7 Å². The molecule has 1 N–H and O–H groups in total. The highest BCUT2D eigenvalue weighted by Gasteiger charge is 2.31. The van der Waals surface area contributed by atoms with E-state index in [1.807, 2.05) is 0 Å². The van der Waals surface area contributed by atoms with Crippen molar-refractivity contribution in [1.29, 1.82) is 0 Å². The summed E-state index contributed by atoms with van der Waals surface area (Å²) in [5.74, 6) is 1.07. The number of carbonyl (C=O) groups is 1. The second-order valence-electron chi connectivity index (χ2n) is 6.24. The minimum Gasteiger partial charge on any atom is -0.489 e. The number of hydrogen-bond acceptors (Lipinski definition) is 5. The van der Waals surface area contributed by atoms with Gasteiger partial charge >= 0.3 is 6.18 Å². The van der Waals surface area contributed by atoms with Gasteiger partial charge in [0.2, 0.25) is 6.41 Å². The van der Waals surface area contributed by atoms with Crippen molar-refractivity contribution in [2.45, 2.75) is 19.6 Å². The molecule has 0 saturated heterocycles. The van der Waals surface area contributed by atoms with Crippen molar-refractivity contribution < 1.29 is 22.7 Å². The first kappa shape index (κ1) is 21.0. The van der Waals surface area contributed by atoms with Gasteiger partial charge in [0.25, 0.3) is 0 Å². The van der Waals surface area contributed by atoms with Crippen LogP contribution in [-0.4, -0.2) is 32.8 Å². The molecule has 156 valence electrons. The lowest BCUT2D eigenvalue weighted by Gasteiger charge is -2.11. The Labute approximate surface area is 170 Å². The third-order valence-electron chi connectivity index (χ3n) is 4.12. The number of ether oxygens (including phenoxy) is 1. The fraction of sp³-hybridized carbons (Fsp3) is 0.200. The van der Waals surface area contributed by atoms with Crippen molar-refractivity contribution in [3.63, 3.8) is 0 Å². The van der Waals surface area contributed by atoms with E-state index in [0.29, 0.717) is 35.9 Å². The van der Waals surface area contributed by atoms with Gasteiger partial charge in [-0.15, -0.1) is 10.2 Å². The Morgan fingerprint density at radius 3 is 2.80 bits per heavy atom. The second-order valence-corrected chi connectivity index (χ2v) is 6.24. The Hall–Kier alpha value is -3.69. The molecular weight excluding hydrogens is 399 g/mol. The van der Waals surface area contributed by atoms with Gasteiger partial charge in [0, 0.05) is 6.54 Å². The molecule has 0 unspecified atom stereocenters. The summed E-state index contributed by atoms with van der Waals surface area (Å²) in [6.07, 6.45) is 1.12. The molecule has 30 heavy (non-hydrogen) atoms. The molecule has 0 aliphatic rings. The van der Waals surface area contributed by atoms with E-state index in [1.54, 1.807) is 41.8 Å². The number of aromatic nitrogens is 4. The average Bonchev–Trinajstić information content (AvgIpc) is 3.17. The molecule has 0 saturated carbocycles. The summed E-state index contributed by atoms with van der Waals surface area (Å²) in [6.45, 7) is 2.19. The van der Waals surface area contributed by atoms with E-state index >= 15 is 0 Å². The topological polar surface area (TPSA) is 81.9 Å². The number of halogens is 3. The van der Waals surface area contributed by atoms with E-state index in [2.05, 4.69) is 20.5 Å². The first-order valence-electron chi connectivity index (χ1n) is 8.89. The van der Waals surface area contributed by atoms with Gasteiger partial charge in [-0.2, -0.15) is 13.2 Å². The molecule has 1 aromatic carbocycles. The van der Waals surface area contributed by atoms with Crippen molar-refractivity contribution in [2.75, 3.05) is 11.9 Å². The predicted molar refractivity (Wildman–Crippen MR) is 104 cm³/mol. The quantitative estimate of drug-likeness (QED) is 0.445. The Balaban J connectivity index is 1.62. The van der Waals surface area contributed by atoms with Crippen LogP contribution in [0.4, 0.5) is 19.0 Å². The van der Waals surface area contributed by atoms with Gasteiger partial charge < -0.3 is 14.6 Å². The number of nitrogens with zero attached hydrogens (tertiary/aromatic N) is 4. The fourth-order valence-corrected chi connectivity index (χ4v) is 2.61. The molecule has 0 aliphatic carbocycles. The van der Waals surface area contributed by atoms with E-state index in [0.717, 1.165) is 12.1 Å². The maximum atomic E-state index is 12.8. The van der Waals surface area contributed by atoms with Crippen LogP contribution in [0.15, 0.2) is 54.9 Å². The van der Waals surface area contributed by atoms with Gasteiger partial charge in [0.05, 0.1) is 5.56 Å². The van der Waals surface area contributed by atoms with Crippen LogP contribution in [0.2, 0.25) is 0 Å². The summed E-state index contributed by atoms with van der Waals surface area (Å²) in [7, 11) is 0. The molecule has 10 heteroatoms. The first-order chi connectivity index (χ1) is 14.4. The van der Waals surface area contributed by atoms with Crippen LogP contribution < -0.4 is 10.1 Å². The van der Waals surface area contributed by atoms with Crippen LogP contribution in [0.25, 0.3) is 11.5 Å². The number of nitrogens with one attached hydrogen (secondary N) is 1. The van der Waals surface area contributed by atoms with Crippen molar-refractivity contribution >= 4 is 12.2 Å². The third-order valence-corrected chi connectivity index (χ3v) is 4.12. The smallest absolute Gasteiger partial charge is 0.416 e. The second kappa shape index (κ2) is 9.21. The number of hydrogen-bond donors (Lipinski definition) is 1. The summed E-state index contributed by atoms with van der Waals surface area (Å²) in [5.41, 5.74) is 0.399. The number of allylic oxidation sites excluding steroid dienone is 1. The van der Waals surface area contributed by atoms with Crippen LogP contribution in [0.3, 0.4) is 0 Å². The lowest BCUT2D eigenvalue weighted by molar-refractivity contribution is -0.137. The number of rotatable bonds is 8. The highest BCUT2D eigenvalue weighted by Crippen LogP contribution is 2.32. The summed E-state index contributed by atoms with van der Waals surface area (Å²) < 4.78 is 45.7. The van der Waals surface area contributed by atoms with Gasteiger partial charge in [-0.1, -0.05) is 18.2 Å². The fourth-order valence-electron chi connectivity index (χ4n) is 2.61. The number of aryl methyl sites for hydroxylation is 1. The first-order valence-corrected chi connectivity index (χ1v) is 8.89. The van der Waals surface area contributed by atoms with Crippen molar-refractivity contribution in [3.05, 3.63) is 66.0 Å². The van der Waals surface area contributed by atoms with Crippen LogP contribution in [0, 0.1) is 6.92 Å². The minimum atomic E-state index is -4.42. The minimum absolute atomic E-state index is 0.108. The standard InChI is InChI=1S/C20H18F3N5O2/c1-14-7-8-15(20(21,22)23)11-17(14)30-10-3-2-9-28-12-25-27-19(28)16-5-4-6-18(26-16)24-13-29/h2-8,11-13H,9-10H2,1H3,(H,24,26,29)/b3-2-. The van der Waals surface area contributed by atoms with Gasteiger partial charge in [-0.25, -0.2) is 4.98 Å². The zero-order valence-electron chi connectivity index (χ0n) is 15.9. The van der Waals surface area contributed by atoms with Gasteiger partial charge in [-0.05, 0) is 42.8 Å². The molecule has 3 rings (SSSR count). The summed E-state index contributed by atoms with van der Waals surface area (Å²) in [5, 5.41) is 10.4. The molecule has 3 aromatic rings. The number of pyridine rings is 1. The molecule has 0 bridgehead atoms. The monoisotopic (exact) mass is 417 g/mol. The Bertz CT molecular complexity index is 1050. The highest BCUT2D eigenvalue weighted by molar-refractivity contribution is 5.69. The molecule has 1 amide bonds. The van der Waals surface area contributed by atoms with Gasteiger partial charge in [0.15, 0.2) is 5.82 Å². The summed E-state index contributed by atoms with van der Waals surface area (Å²) in [6, 6.07) is 8.51. The Morgan fingerprint density at radius 1 is 1.20 bits per heavy atom. The van der Waals surface area contributed by atoms with Crippen LogP contribution in [-0.2, 0) is 17.5 Å². The molecule has 2 heterocycles. The Morgan fingerprint density at radius 2 is 2.03 bits per heavy atom. The van der Waals surface area contributed by atoms with E-state index in [4.69, 9.17) is 4.74 Å². The molecule has 0 atom stereocenters. The SMILES string of the molecule is Cc1ccc(C(F)(F)F)cc1OC/C=C\Cn1cnnc1-c1cccc(NC=O)n1. The summed E-state index contributed by atoms with van der Waals surface area (Å²) in [4.78, 5) is 14.9. The molecule has 2 aromatic heterocycles. The van der Waals surface area contributed by atoms with Crippen LogP contribution >= 0.6 is 0 Å². The predicted octanol–water partition coefficient (Wildman–Crippen LogP) is 3.87. The number of carbonyl (C=O) groups excluding carboxylic acids is 1. The van der Waals surface area contributed by atoms with Crippen LogP contribution in [0.5, 0.6) is 5.75 Å². The van der Waals surface area contributed by atoms with E-state index in [-0.39, 0.29) is 12.4 Å². The average molecular weight is 417 g/mol. The van der Waals surface area contributed by atoms with E-state index in [1.165, 1.54) is 12.4 Å². The summed E-state index contributed by atoms with van der Waals surface area (Å²) >= 11 is 0.